The first-order valence-corrected chi connectivity index (χ1v) is 6.87. The maximum absolute atomic E-state index is 10.9. The average molecular weight is 276 g/mol. The summed E-state index contributed by atoms with van der Waals surface area (Å²) in [5.74, 6) is -0.912. The highest BCUT2D eigenvalue weighted by Crippen LogP contribution is 2.23. The van der Waals surface area contributed by atoms with Gasteiger partial charge in [-0.2, -0.15) is 0 Å². The minimum atomic E-state index is -0.912. The number of carboxylic acids is 1. The molecule has 1 N–H and O–H groups in total. The Morgan fingerprint density at radius 2 is 2.21 bits per heavy atom. The molecule has 0 aliphatic carbocycles. The Balaban J connectivity index is 2.18. The van der Waals surface area contributed by atoms with Crippen molar-refractivity contribution in [3.05, 3.63) is 40.2 Å². The van der Waals surface area contributed by atoms with E-state index in [0.717, 1.165) is 29.2 Å². The van der Waals surface area contributed by atoms with Crippen molar-refractivity contribution in [3.63, 3.8) is 0 Å². The fourth-order valence-electron chi connectivity index (χ4n) is 1.69. The van der Waals surface area contributed by atoms with E-state index in [1.807, 2.05) is 25.5 Å². The van der Waals surface area contributed by atoms with Crippen molar-refractivity contribution in [2.24, 2.45) is 0 Å². The molecule has 100 valence electrons. The predicted molar refractivity (Wildman–Crippen MR) is 76.8 cm³/mol. The minimum Gasteiger partial charge on any atom is -0.478 e. The number of benzene rings is 1. The number of carboxylic acid groups (broad SMARTS) is 1. The van der Waals surface area contributed by atoms with Gasteiger partial charge in [0.15, 0.2) is 0 Å². The lowest BCUT2D eigenvalue weighted by Gasteiger charge is -2.06. The third-order valence-corrected chi connectivity index (χ3v) is 3.64. The largest absolute Gasteiger partial charge is 0.478 e. The van der Waals surface area contributed by atoms with Crippen LogP contribution in [0.5, 0.6) is 0 Å². The smallest absolute Gasteiger partial charge is 0.335 e. The fraction of sp³-hybridized carbons (Fsp3) is 0.286. The lowest BCUT2D eigenvalue weighted by molar-refractivity contribution is 0.0697. The number of aromatic nitrogens is 1. The van der Waals surface area contributed by atoms with Gasteiger partial charge < -0.3 is 10.0 Å². The zero-order valence-corrected chi connectivity index (χ0v) is 11.8. The summed E-state index contributed by atoms with van der Waals surface area (Å²) < 4.78 is 0. The van der Waals surface area contributed by atoms with Crippen molar-refractivity contribution in [3.8, 4) is 11.3 Å². The second-order valence-corrected chi connectivity index (χ2v) is 5.51. The normalized spacial score (nSPS) is 10.9. The van der Waals surface area contributed by atoms with Gasteiger partial charge in [-0.25, -0.2) is 9.78 Å². The van der Waals surface area contributed by atoms with Crippen LogP contribution in [0, 0.1) is 0 Å². The van der Waals surface area contributed by atoms with Crippen LogP contribution in [0.2, 0.25) is 0 Å². The molecule has 2 rings (SSSR count). The van der Waals surface area contributed by atoms with E-state index in [2.05, 4.69) is 9.88 Å². The Kier molecular flexibility index (Phi) is 4.29. The van der Waals surface area contributed by atoms with Crippen molar-refractivity contribution in [2.75, 3.05) is 20.6 Å². The molecule has 0 aliphatic rings. The van der Waals surface area contributed by atoms with Crippen LogP contribution in [0.4, 0.5) is 0 Å². The van der Waals surface area contributed by atoms with Crippen molar-refractivity contribution < 1.29 is 9.90 Å². The number of carbonyl (C=O) groups is 1. The highest BCUT2D eigenvalue weighted by atomic mass is 32.1. The molecule has 0 fully saturated rings. The van der Waals surface area contributed by atoms with Crippen molar-refractivity contribution in [1.82, 2.24) is 9.88 Å². The highest BCUT2D eigenvalue weighted by Gasteiger charge is 2.08. The SMILES string of the molecule is CN(C)CCc1nc(-c2cccc(C(=O)O)c2)cs1. The average Bonchev–Trinajstić information content (AvgIpc) is 2.85. The third kappa shape index (κ3) is 3.62. The number of likely N-dealkylation sites (N-methyl/N-ethyl adjacent to an activating group) is 1. The molecule has 0 unspecified atom stereocenters. The predicted octanol–water partition coefficient (Wildman–Crippen LogP) is 2.61. The first-order valence-electron chi connectivity index (χ1n) is 5.99. The topological polar surface area (TPSA) is 53.4 Å². The van der Waals surface area contributed by atoms with Crippen LogP contribution in [0.1, 0.15) is 15.4 Å². The van der Waals surface area contributed by atoms with Crippen LogP contribution in [0.3, 0.4) is 0 Å². The van der Waals surface area contributed by atoms with E-state index >= 15 is 0 Å². The van der Waals surface area contributed by atoms with Crippen molar-refractivity contribution >= 4 is 17.3 Å². The summed E-state index contributed by atoms with van der Waals surface area (Å²) in [5, 5.41) is 12.0. The number of rotatable bonds is 5. The van der Waals surface area contributed by atoms with Crippen molar-refractivity contribution in [1.29, 1.82) is 0 Å². The van der Waals surface area contributed by atoms with Crippen molar-refractivity contribution in [2.45, 2.75) is 6.42 Å². The summed E-state index contributed by atoms with van der Waals surface area (Å²) in [4.78, 5) is 17.6. The second-order valence-electron chi connectivity index (χ2n) is 4.57. The number of hydrogen-bond donors (Lipinski definition) is 1. The summed E-state index contributed by atoms with van der Waals surface area (Å²) in [7, 11) is 4.07. The molecule has 0 aliphatic heterocycles. The molecular weight excluding hydrogens is 260 g/mol. The van der Waals surface area contributed by atoms with Gasteiger partial charge in [-0.3, -0.25) is 0 Å². The summed E-state index contributed by atoms with van der Waals surface area (Å²) in [5.41, 5.74) is 1.99. The van der Waals surface area contributed by atoms with Crippen LogP contribution < -0.4 is 0 Å². The molecule has 1 aromatic heterocycles. The lowest BCUT2D eigenvalue weighted by Crippen LogP contribution is -2.14. The Morgan fingerprint density at radius 3 is 2.89 bits per heavy atom. The molecule has 19 heavy (non-hydrogen) atoms. The molecule has 1 aromatic carbocycles. The molecule has 0 spiro atoms. The molecule has 0 radical (unpaired) electrons. The monoisotopic (exact) mass is 276 g/mol. The zero-order valence-electron chi connectivity index (χ0n) is 11.0. The lowest BCUT2D eigenvalue weighted by atomic mass is 10.1. The van der Waals surface area contributed by atoms with E-state index in [0.29, 0.717) is 5.56 Å². The van der Waals surface area contributed by atoms with Gasteiger partial charge in [-0.05, 0) is 26.2 Å². The number of aromatic carboxylic acids is 1. The van der Waals surface area contributed by atoms with E-state index in [1.165, 1.54) is 0 Å². The molecule has 4 nitrogen and oxygen atoms in total. The first kappa shape index (κ1) is 13.7. The third-order valence-electron chi connectivity index (χ3n) is 2.73. The molecule has 0 bridgehead atoms. The van der Waals surface area contributed by atoms with Gasteiger partial charge >= 0.3 is 5.97 Å². The standard InChI is InChI=1S/C14H16N2O2S/c1-16(2)7-6-13-15-12(9-19-13)10-4-3-5-11(8-10)14(17)18/h3-5,8-9H,6-7H2,1-2H3,(H,17,18). The van der Waals surface area contributed by atoms with E-state index < -0.39 is 5.97 Å². The number of nitrogens with zero attached hydrogens (tertiary/aromatic N) is 2. The molecule has 0 atom stereocenters. The van der Waals surface area contributed by atoms with E-state index in [1.54, 1.807) is 29.5 Å². The Hall–Kier alpha value is -1.72. The van der Waals surface area contributed by atoms with Gasteiger partial charge in [0.05, 0.1) is 16.3 Å². The molecular formula is C14H16N2O2S. The van der Waals surface area contributed by atoms with Crippen LogP contribution in [0.15, 0.2) is 29.6 Å². The van der Waals surface area contributed by atoms with E-state index in [4.69, 9.17) is 5.11 Å². The van der Waals surface area contributed by atoms with Crippen LogP contribution >= 0.6 is 11.3 Å². The quantitative estimate of drug-likeness (QED) is 0.912. The van der Waals surface area contributed by atoms with Gasteiger partial charge in [-0.15, -0.1) is 11.3 Å². The summed E-state index contributed by atoms with van der Waals surface area (Å²) >= 11 is 1.62. The highest BCUT2D eigenvalue weighted by molar-refractivity contribution is 7.09. The molecule has 0 saturated heterocycles. The molecule has 2 aromatic rings. The zero-order chi connectivity index (χ0) is 13.8. The van der Waals surface area contributed by atoms with Gasteiger partial charge in [-0.1, -0.05) is 12.1 Å². The first-order chi connectivity index (χ1) is 9.06. The summed E-state index contributed by atoms with van der Waals surface area (Å²) in [6.45, 7) is 0.960. The second kappa shape index (κ2) is 5.95. The van der Waals surface area contributed by atoms with Crippen LogP contribution in [-0.2, 0) is 6.42 Å². The Bertz CT molecular complexity index is 578. The number of thiazole rings is 1. The Morgan fingerprint density at radius 1 is 1.42 bits per heavy atom. The fourth-order valence-corrected chi connectivity index (χ4v) is 2.49. The molecule has 1 heterocycles. The summed E-state index contributed by atoms with van der Waals surface area (Å²) in [6, 6.07) is 6.88. The Labute approximate surface area is 116 Å². The van der Waals surface area contributed by atoms with E-state index in [9.17, 15) is 4.79 Å². The van der Waals surface area contributed by atoms with Gasteiger partial charge in [0.1, 0.15) is 0 Å². The summed E-state index contributed by atoms with van der Waals surface area (Å²) in [6.07, 6.45) is 0.913. The maximum Gasteiger partial charge on any atom is 0.335 e. The minimum absolute atomic E-state index is 0.292. The number of hydrogen-bond acceptors (Lipinski definition) is 4. The van der Waals surface area contributed by atoms with Crippen LogP contribution in [-0.4, -0.2) is 41.6 Å². The van der Waals surface area contributed by atoms with Crippen LogP contribution in [0.25, 0.3) is 11.3 Å². The van der Waals surface area contributed by atoms with Gasteiger partial charge in [0, 0.05) is 23.9 Å². The molecule has 5 heteroatoms. The van der Waals surface area contributed by atoms with Gasteiger partial charge in [0.2, 0.25) is 0 Å². The maximum atomic E-state index is 10.9. The van der Waals surface area contributed by atoms with E-state index in [-0.39, 0.29) is 0 Å². The molecule has 0 saturated carbocycles. The molecule has 0 amide bonds. The van der Waals surface area contributed by atoms with Gasteiger partial charge in [0.25, 0.3) is 0 Å².